The van der Waals surface area contributed by atoms with E-state index in [1.54, 1.807) is 6.07 Å². The summed E-state index contributed by atoms with van der Waals surface area (Å²) in [7, 11) is 0. The minimum absolute atomic E-state index is 0.00724. The van der Waals surface area contributed by atoms with E-state index in [4.69, 9.17) is 0 Å². The van der Waals surface area contributed by atoms with Crippen LogP contribution in [0.15, 0.2) is 53.6 Å². The summed E-state index contributed by atoms with van der Waals surface area (Å²) >= 11 is 0. The van der Waals surface area contributed by atoms with Crippen LogP contribution in [0.1, 0.15) is 30.4 Å². The zero-order valence-electron chi connectivity index (χ0n) is 15.0. The summed E-state index contributed by atoms with van der Waals surface area (Å²) in [4.78, 5) is 24.9. The normalized spacial score (nSPS) is 14.3. The Morgan fingerprint density at radius 2 is 1.89 bits per heavy atom. The zero-order valence-corrected chi connectivity index (χ0v) is 15.0. The van der Waals surface area contributed by atoms with Crippen LogP contribution in [0.5, 0.6) is 0 Å². The molecule has 1 aliphatic heterocycles. The predicted octanol–water partition coefficient (Wildman–Crippen LogP) is 3.28. The molecule has 0 aliphatic carbocycles. The van der Waals surface area contributed by atoms with E-state index < -0.39 is 4.92 Å². The van der Waals surface area contributed by atoms with E-state index in [0.717, 1.165) is 37.2 Å². The Hall–Kier alpha value is -3.22. The van der Waals surface area contributed by atoms with E-state index >= 15 is 0 Å². The van der Waals surface area contributed by atoms with Crippen LogP contribution in [0.4, 0.5) is 11.4 Å². The lowest BCUT2D eigenvalue weighted by atomic mass is 10.1. The third kappa shape index (κ3) is 5.13. The summed E-state index contributed by atoms with van der Waals surface area (Å²) < 4.78 is 0. The molecule has 2 aromatic carbocycles. The Morgan fingerprint density at radius 1 is 1.15 bits per heavy atom. The highest BCUT2D eigenvalue weighted by Crippen LogP contribution is 2.26. The molecule has 7 nitrogen and oxygen atoms in total. The standard InChI is InChI=1S/C20H22N4O3/c25-20(13-16-7-3-1-4-8-16)22-21-15-17-14-18(24(26)27)9-10-19(17)23-11-5-2-6-12-23/h1,3-4,7-10,14-15H,2,5-6,11-13H2,(H,22,25)/b21-15-. The van der Waals surface area contributed by atoms with Gasteiger partial charge < -0.3 is 4.90 Å². The van der Waals surface area contributed by atoms with Crippen molar-refractivity contribution in [2.75, 3.05) is 18.0 Å². The number of nitrogens with zero attached hydrogens (tertiary/aromatic N) is 3. The van der Waals surface area contributed by atoms with Gasteiger partial charge in [0, 0.05) is 36.5 Å². The van der Waals surface area contributed by atoms with Crippen molar-refractivity contribution in [3.63, 3.8) is 0 Å². The molecule has 7 heteroatoms. The highest BCUT2D eigenvalue weighted by Gasteiger charge is 2.17. The Kier molecular flexibility index (Phi) is 6.14. The molecule has 0 radical (unpaired) electrons. The highest BCUT2D eigenvalue weighted by molar-refractivity contribution is 5.90. The molecule has 1 heterocycles. The van der Waals surface area contributed by atoms with Gasteiger partial charge in [-0.15, -0.1) is 0 Å². The van der Waals surface area contributed by atoms with E-state index in [9.17, 15) is 14.9 Å². The van der Waals surface area contributed by atoms with Crippen LogP contribution in [0.3, 0.4) is 0 Å². The number of rotatable bonds is 6. The number of nitrogens with one attached hydrogen (secondary N) is 1. The second-order valence-electron chi connectivity index (χ2n) is 6.50. The first-order valence-electron chi connectivity index (χ1n) is 9.03. The lowest BCUT2D eigenvalue weighted by molar-refractivity contribution is -0.384. The van der Waals surface area contributed by atoms with Crippen molar-refractivity contribution < 1.29 is 9.72 Å². The van der Waals surface area contributed by atoms with E-state index in [0.29, 0.717) is 5.56 Å². The number of non-ortho nitro benzene ring substituents is 1. The maximum atomic E-state index is 12.0. The largest absolute Gasteiger partial charge is 0.371 e. The first-order chi connectivity index (χ1) is 13.1. The van der Waals surface area contributed by atoms with Crippen molar-refractivity contribution in [2.45, 2.75) is 25.7 Å². The van der Waals surface area contributed by atoms with Crippen LogP contribution in [0.2, 0.25) is 0 Å². The number of amides is 1. The van der Waals surface area contributed by atoms with E-state index in [-0.39, 0.29) is 18.0 Å². The van der Waals surface area contributed by atoms with Gasteiger partial charge in [0.25, 0.3) is 5.69 Å². The Balaban J connectivity index is 1.73. The van der Waals surface area contributed by atoms with Crippen molar-refractivity contribution in [2.24, 2.45) is 5.10 Å². The first kappa shape index (κ1) is 18.6. The molecule has 1 fully saturated rings. The van der Waals surface area contributed by atoms with Crippen LogP contribution in [0.25, 0.3) is 0 Å². The van der Waals surface area contributed by atoms with Gasteiger partial charge in [0.05, 0.1) is 17.6 Å². The summed E-state index contributed by atoms with van der Waals surface area (Å²) in [6, 6.07) is 14.2. The maximum Gasteiger partial charge on any atom is 0.270 e. The summed E-state index contributed by atoms with van der Waals surface area (Å²) in [5, 5.41) is 15.1. The molecule has 1 amide bonds. The number of benzene rings is 2. The molecule has 0 atom stereocenters. The maximum absolute atomic E-state index is 12.0. The van der Waals surface area contributed by atoms with Crippen molar-refractivity contribution in [1.29, 1.82) is 0 Å². The van der Waals surface area contributed by atoms with Crippen LogP contribution in [0, 0.1) is 10.1 Å². The minimum atomic E-state index is -0.425. The smallest absolute Gasteiger partial charge is 0.270 e. The fourth-order valence-corrected chi connectivity index (χ4v) is 3.18. The van der Waals surface area contributed by atoms with Crippen LogP contribution in [-0.2, 0) is 11.2 Å². The number of carbonyl (C=O) groups excluding carboxylic acids is 1. The van der Waals surface area contributed by atoms with Crippen LogP contribution >= 0.6 is 0 Å². The number of hydrogen-bond donors (Lipinski definition) is 1. The van der Waals surface area contributed by atoms with E-state index in [1.807, 2.05) is 30.3 Å². The van der Waals surface area contributed by atoms with Gasteiger partial charge in [-0.25, -0.2) is 5.43 Å². The SMILES string of the molecule is O=C(Cc1ccccc1)N/N=C\c1cc([N+](=O)[O-])ccc1N1CCCCC1. The monoisotopic (exact) mass is 366 g/mol. The molecule has 0 saturated carbocycles. The van der Waals surface area contributed by atoms with Gasteiger partial charge in [0.1, 0.15) is 0 Å². The molecule has 2 aromatic rings. The van der Waals surface area contributed by atoms with Gasteiger partial charge in [-0.1, -0.05) is 30.3 Å². The zero-order chi connectivity index (χ0) is 19.1. The molecule has 0 unspecified atom stereocenters. The molecule has 1 saturated heterocycles. The average Bonchev–Trinajstić information content (AvgIpc) is 2.69. The number of carbonyl (C=O) groups is 1. The number of nitro groups is 1. The summed E-state index contributed by atoms with van der Waals surface area (Å²) in [6.45, 7) is 1.83. The topological polar surface area (TPSA) is 87.8 Å². The third-order valence-corrected chi connectivity index (χ3v) is 4.52. The second-order valence-corrected chi connectivity index (χ2v) is 6.50. The van der Waals surface area contributed by atoms with Crippen LogP contribution < -0.4 is 10.3 Å². The minimum Gasteiger partial charge on any atom is -0.371 e. The van der Waals surface area contributed by atoms with E-state index in [1.165, 1.54) is 24.8 Å². The average molecular weight is 366 g/mol. The summed E-state index contributed by atoms with van der Waals surface area (Å²) in [5.41, 5.74) is 4.94. The molecule has 27 heavy (non-hydrogen) atoms. The number of nitro benzene ring substituents is 1. The number of hydrazone groups is 1. The Morgan fingerprint density at radius 3 is 2.59 bits per heavy atom. The van der Waals surface area contributed by atoms with E-state index in [2.05, 4.69) is 15.4 Å². The fourth-order valence-electron chi connectivity index (χ4n) is 3.18. The van der Waals surface area contributed by atoms with Crippen molar-refractivity contribution in [3.8, 4) is 0 Å². The highest BCUT2D eigenvalue weighted by atomic mass is 16.6. The Labute approximate surface area is 157 Å². The van der Waals surface area contributed by atoms with Gasteiger partial charge in [-0.05, 0) is 30.9 Å². The molecule has 3 rings (SSSR count). The molecule has 1 N–H and O–H groups in total. The molecule has 0 bridgehead atoms. The first-order valence-corrected chi connectivity index (χ1v) is 9.03. The number of piperidine rings is 1. The lowest BCUT2D eigenvalue weighted by Crippen LogP contribution is -2.30. The van der Waals surface area contributed by atoms with Gasteiger partial charge in [0.2, 0.25) is 5.91 Å². The van der Waals surface area contributed by atoms with Gasteiger partial charge in [-0.3, -0.25) is 14.9 Å². The quantitative estimate of drug-likeness (QED) is 0.483. The molecular weight excluding hydrogens is 344 g/mol. The predicted molar refractivity (Wildman–Crippen MR) is 105 cm³/mol. The lowest BCUT2D eigenvalue weighted by Gasteiger charge is -2.29. The molecule has 1 aliphatic rings. The van der Waals surface area contributed by atoms with Crippen molar-refractivity contribution in [3.05, 3.63) is 69.8 Å². The third-order valence-electron chi connectivity index (χ3n) is 4.52. The van der Waals surface area contributed by atoms with Crippen molar-refractivity contribution in [1.82, 2.24) is 5.43 Å². The summed E-state index contributed by atoms with van der Waals surface area (Å²) in [6.07, 6.45) is 5.11. The number of anilines is 1. The van der Waals surface area contributed by atoms with Gasteiger partial charge in [0.15, 0.2) is 0 Å². The van der Waals surface area contributed by atoms with Gasteiger partial charge in [-0.2, -0.15) is 5.10 Å². The van der Waals surface area contributed by atoms with Crippen molar-refractivity contribution >= 4 is 23.5 Å². The molecular formula is C20H22N4O3. The molecule has 0 spiro atoms. The molecule has 140 valence electrons. The number of hydrogen-bond acceptors (Lipinski definition) is 5. The Bertz CT molecular complexity index is 830. The second kappa shape index (κ2) is 8.93. The fraction of sp³-hybridized carbons (Fsp3) is 0.300. The summed E-state index contributed by atoms with van der Waals surface area (Å²) in [5.74, 6) is -0.234. The molecule has 0 aromatic heterocycles. The van der Waals surface area contributed by atoms with Gasteiger partial charge >= 0.3 is 0 Å². The van der Waals surface area contributed by atoms with Crippen LogP contribution in [-0.4, -0.2) is 30.1 Å².